The maximum absolute atomic E-state index is 11.1. The smallest absolute Gasteiger partial charge is 0.318 e. The summed E-state index contributed by atoms with van der Waals surface area (Å²) in [5, 5.41) is 5.53. The van der Waals surface area contributed by atoms with Gasteiger partial charge < -0.3 is 11.1 Å². The summed E-state index contributed by atoms with van der Waals surface area (Å²) in [7, 11) is 0. The average molecular weight is 262 g/mol. The van der Waals surface area contributed by atoms with Crippen molar-refractivity contribution < 1.29 is 9.59 Å². The van der Waals surface area contributed by atoms with E-state index in [0.29, 0.717) is 15.7 Å². The molecule has 0 unspecified atom stereocenters. The molecule has 0 aliphatic heterocycles. The summed E-state index contributed by atoms with van der Waals surface area (Å²) in [4.78, 5) is 21.4. The molecule has 0 aliphatic rings. The molecule has 7 heteroatoms. The molecular formula is C9H9Cl2N3O2. The van der Waals surface area contributed by atoms with Crippen molar-refractivity contribution >= 4 is 40.8 Å². The van der Waals surface area contributed by atoms with Gasteiger partial charge in [0.2, 0.25) is 5.91 Å². The van der Waals surface area contributed by atoms with E-state index in [1.165, 1.54) is 6.07 Å². The highest BCUT2D eigenvalue weighted by molar-refractivity contribution is 6.36. The minimum absolute atomic E-state index is 0.107. The number of imide groups is 1. The van der Waals surface area contributed by atoms with Gasteiger partial charge in [0.15, 0.2) is 0 Å². The Morgan fingerprint density at radius 3 is 2.56 bits per heavy atom. The van der Waals surface area contributed by atoms with Gasteiger partial charge in [0.05, 0.1) is 17.3 Å². The Morgan fingerprint density at radius 1 is 1.31 bits per heavy atom. The van der Waals surface area contributed by atoms with Gasteiger partial charge in [-0.05, 0) is 18.2 Å². The summed E-state index contributed by atoms with van der Waals surface area (Å²) in [5.41, 5.74) is 5.32. The van der Waals surface area contributed by atoms with Crippen molar-refractivity contribution in [1.29, 1.82) is 0 Å². The van der Waals surface area contributed by atoms with Crippen LogP contribution in [-0.4, -0.2) is 18.5 Å². The van der Waals surface area contributed by atoms with E-state index in [4.69, 9.17) is 28.9 Å². The van der Waals surface area contributed by atoms with Gasteiger partial charge in [-0.15, -0.1) is 0 Å². The Balaban J connectivity index is 2.54. The molecule has 3 amide bonds. The van der Waals surface area contributed by atoms with Crippen LogP contribution < -0.4 is 16.4 Å². The maximum atomic E-state index is 11.1. The second kappa shape index (κ2) is 5.58. The van der Waals surface area contributed by atoms with Crippen molar-refractivity contribution in [2.75, 3.05) is 11.9 Å². The topological polar surface area (TPSA) is 84.2 Å². The zero-order chi connectivity index (χ0) is 12.1. The Kier molecular flexibility index (Phi) is 4.39. The number of primary amides is 1. The number of hydrogen-bond acceptors (Lipinski definition) is 3. The molecule has 4 N–H and O–H groups in total. The number of nitrogens with one attached hydrogen (secondary N) is 2. The normalized spacial score (nSPS) is 9.62. The SMILES string of the molecule is NC(=O)NC(=O)CNc1ccc(Cl)cc1Cl. The predicted molar refractivity (Wildman–Crippen MR) is 62.7 cm³/mol. The van der Waals surface area contributed by atoms with Crippen molar-refractivity contribution in [2.45, 2.75) is 0 Å². The third kappa shape index (κ3) is 3.96. The first-order valence-corrected chi connectivity index (χ1v) is 5.03. The second-order valence-electron chi connectivity index (χ2n) is 2.89. The van der Waals surface area contributed by atoms with Crippen LogP contribution in [0.2, 0.25) is 10.0 Å². The predicted octanol–water partition coefficient (Wildman–Crippen LogP) is 1.60. The van der Waals surface area contributed by atoms with Gasteiger partial charge in [0, 0.05) is 5.02 Å². The highest BCUT2D eigenvalue weighted by Crippen LogP contribution is 2.24. The van der Waals surface area contributed by atoms with Crippen LogP contribution in [0.5, 0.6) is 0 Å². The van der Waals surface area contributed by atoms with Gasteiger partial charge in [0.25, 0.3) is 0 Å². The highest BCUT2D eigenvalue weighted by atomic mass is 35.5. The first-order valence-electron chi connectivity index (χ1n) is 4.27. The first-order chi connectivity index (χ1) is 7.49. The Morgan fingerprint density at radius 2 is 2.00 bits per heavy atom. The number of hydrogen-bond donors (Lipinski definition) is 3. The van der Waals surface area contributed by atoms with Gasteiger partial charge >= 0.3 is 6.03 Å². The van der Waals surface area contributed by atoms with Crippen LogP contribution in [0.1, 0.15) is 0 Å². The Labute approximate surface area is 102 Å². The molecule has 0 spiro atoms. The molecule has 16 heavy (non-hydrogen) atoms. The van der Waals surface area contributed by atoms with Crippen LogP contribution >= 0.6 is 23.2 Å². The maximum Gasteiger partial charge on any atom is 0.318 e. The van der Waals surface area contributed by atoms with Gasteiger partial charge in [-0.1, -0.05) is 23.2 Å². The van der Waals surface area contributed by atoms with E-state index in [1.54, 1.807) is 12.1 Å². The van der Waals surface area contributed by atoms with Crippen LogP contribution in [0.3, 0.4) is 0 Å². The van der Waals surface area contributed by atoms with Gasteiger partial charge in [-0.2, -0.15) is 0 Å². The number of carbonyl (C=O) groups is 2. The third-order valence-corrected chi connectivity index (χ3v) is 2.18. The van der Waals surface area contributed by atoms with Gasteiger partial charge in [0.1, 0.15) is 0 Å². The lowest BCUT2D eigenvalue weighted by atomic mass is 10.3. The molecule has 0 saturated heterocycles. The zero-order valence-corrected chi connectivity index (χ0v) is 9.60. The molecule has 0 fully saturated rings. The van der Waals surface area contributed by atoms with Crippen LogP contribution in [0.25, 0.3) is 0 Å². The molecule has 86 valence electrons. The molecule has 0 heterocycles. The fourth-order valence-electron chi connectivity index (χ4n) is 0.990. The van der Waals surface area contributed by atoms with Crippen LogP contribution in [0, 0.1) is 0 Å². The van der Waals surface area contributed by atoms with Crippen molar-refractivity contribution in [1.82, 2.24) is 5.32 Å². The molecule has 0 aromatic heterocycles. The average Bonchev–Trinajstić information content (AvgIpc) is 2.15. The molecule has 1 rings (SSSR count). The molecule has 5 nitrogen and oxygen atoms in total. The molecule has 0 bridgehead atoms. The molecule has 0 radical (unpaired) electrons. The summed E-state index contributed by atoms with van der Waals surface area (Å²) < 4.78 is 0. The summed E-state index contributed by atoms with van der Waals surface area (Å²) in [6.45, 7) is -0.107. The lowest BCUT2D eigenvalue weighted by molar-refractivity contribution is -0.118. The number of benzene rings is 1. The quantitative estimate of drug-likeness (QED) is 0.773. The largest absolute Gasteiger partial charge is 0.375 e. The van der Waals surface area contributed by atoms with Crippen molar-refractivity contribution in [2.24, 2.45) is 5.73 Å². The third-order valence-electron chi connectivity index (χ3n) is 1.63. The van der Waals surface area contributed by atoms with E-state index < -0.39 is 11.9 Å². The number of urea groups is 1. The summed E-state index contributed by atoms with van der Waals surface area (Å²) in [6.07, 6.45) is 0. The molecular weight excluding hydrogens is 253 g/mol. The van der Waals surface area contributed by atoms with E-state index in [2.05, 4.69) is 5.32 Å². The Bertz CT molecular complexity index is 423. The Hall–Kier alpha value is -1.46. The van der Waals surface area contributed by atoms with Crippen molar-refractivity contribution in [3.05, 3.63) is 28.2 Å². The second-order valence-corrected chi connectivity index (χ2v) is 3.73. The van der Waals surface area contributed by atoms with E-state index in [0.717, 1.165) is 0 Å². The lowest BCUT2D eigenvalue weighted by Crippen LogP contribution is -2.38. The lowest BCUT2D eigenvalue weighted by Gasteiger charge is -2.07. The first kappa shape index (κ1) is 12.6. The molecule has 0 aliphatic carbocycles. The monoisotopic (exact) mass is 261 g/mol. The summed E-state index contributed by atoms with van der Waals surface area (Å²) in [6, 6.07) is 3.90. The molecule has 1 aromatic carbocycles. The number of halogens is 2. The van der Waals surface area contributed by atoms with E-state index in [9.17, 15) is 9.59 Å². The van der Waals surface area contributed by atoms with E-state index >= 15 is 0 Å². The van der Waals surface area contributed by atoms with Crippen LogP contribution in [0.15, 0.2) is 18.2 Å². The minimum atomic E-state index is -0.894. The summed E-state index contributed by atoms with van der Waals surface area (Å²) in [5.74, 6) is -0.543. The van der Waals surface area contributed by atoms with Crippen LogP contribution in [0.4, 0.5) is 10.5 Å². The number of carbonyl (C=O) groups excluding carboxylic acids is 2. The van der Waals surface area contributed by atoms with Crippen molar-refractivity contribution in [3.8, 4) is 0 Å². The fraction of sp³-hybridized carbons (Fsp3) is 0.111. The van der Waals surface area contributed by atoms with Crippen LogP contribution in [-0.2, 0) is 4.79 Å². The van der Waals surface area contributed by atoms with Gasteiger partial charge in [-0.25, -0.2) is 4.79 Å². The van der Waals surface area contributed by atoms with E-state index in [-0.39, 0.29) is 6.54 Å². The van der Waals surface area contributed by atoms with Crippen molar-refractivity contribution in [3.63, 3.8) is 0 Å². The summed E-state index contributed by atoms with van der Waals surface area (Å²) >= 11 is 11.5. The number of rotatable bonds is 3. The van der Waals surface area contributed by atoms with E-state index in [1.807, 2.05) is 5.32 Å². The molecule has 0 atom stereocenters. The zero-order valence-electron chi connectivity index (χ0n) is 8.09. The molecule has 1 aromatic rings. The minimum Gasteiger partial charge on any atom is -0.375 e. The standard InChI is InChI=1S/C9H9Cl2N3O2/c10-5-1-2-7(6(11)3-5)13-4-8(15)14-9(12)16/h1-3,13H,4H2,(H3,12,14,15,16). The van der Waals surface area contributed by atoms with Gasteiger partial charge in [-0.3, -0.25) is 10.1 Å². The highest BCUT2D eigenvalue weighted by Gasteiger charge is 2.05. The number of nitrogens with two attached hydrogens (primary N) is 1. The number of anilines is 1. The fourth-order valence-corrected chi connectivity index (χ4v) is 1.47. The number of amides is 3. The molecule has 0 saturated carbocycles.